The molecule has 108 valence electrons. The molecule has 1 amide bonds. The van der Waals surface area contributed by atoms with Crippen molar-refractivity contribution in [3.05, 3.63) is 0 Å². The summed E-state index contributed by atoms with van der Waals surface area (Å²) in [4.78, 5) is 16.3. The Kier molecular flexibility index (Phi) is 4.29. The lowest BCUT2D eigenvalue weighted by Gasteiger charge is -2.38. The van der Waals surface area contributed by atoms with Crippen LogP contribution in [-0.2, 0) is 4.79 Å². The van der Waals surface area contributed by atoms with Gasteiger partial charge in [-0.2, -0.15) is 0 Å². The molecular formula is C13H24N4O2. The van der Waals surface area contributed by atoms with Gasteiger partial charge in [-0.1, -0.05) is 19.0 Å². The molecule has 3 unspecified atom stereocenters. The Bertz CT molecular complexity index is 364. The van der Waals surface area contributed by atoms with E-state index in [-0.39, 0.29) is 17.8 Å². The molecule has 2 fully saturated rings. The molecule has 1 aliphatic carbocycles. The van der Waals surface area contributed by atoms with E-state index in [4.69, 9.17) is 10.9 Å². The van der Waals surface area contributed by atoms with Crippen molar-refractivity contribution in [2.45, 2.75) is 32.7 Å². The van der Waals surface area contributed by atoms with Crippen LogP contribution in [0, 0.1) is 11.8 Å². The molecule has 1 saturated carbocycles. The van der Waals surface area contributed by atoms with Gasteiger partial charge in [0.2, 0.25) is 5.91 Å². The lowest BCUT2D eigenvalue weighted by atomic mass is 10.1. The van der Waals surface area contributed by atoms with Crippen LogP contribution in [0.1, 0.15) is 26.7 Å². The zero-order valence-corrected chi connectivity index (χ0v) is 11.7. The zero-order chi connectivity index (χ0) is 14.0. The maximum absolute atomic E-state index is 12.1. The average molecular weight is 268 g/mol. The Morgan fingerprint density at radius 3 is 2.42 bits per heavy atom. The summed E-state index contributed by atoms with van der Waals surface area (Å²) < 4.78 is 0. The molecule has 3 N–H and O–H groups in total. The molecule has 0 bridgehead atoms. The van der Waals surface area contributed by atoms with Crippen molar-refractivity contribution in [1.29, 1.82) is 0 Å². The van der Waals surface area contributed by atoms with E-state index in [0.717, 1.165) is 39.0 Å². The Morgan fingerprint density at radius 2 is 2.00 bits per heavy atom. The third-order valence-electron chi connectivity index (χ3n) is 4.34. The number of nitrogens with two attached hydrogens (primary N) is 1. The number of oxime groups is 1. The molecule has 0 radical (unpaired) electrons. The molecular weight excluding hydrogens is 244 g/mol. The van der Waals surface area contributed by atoms with E-state index in [0.29, 0.717) is 11.8 Å². The van der Waals surface area contributed by atoms with E-state index >= 15 is 0 Å². The zero-order valence-electron chi connectivity index (χ0n) is 11.7. The molecule has 1 heterocycles. The lowest BCUT2D eigenvalue weighted by molar-refractivity contribution is -0.134. The second-order valence-corrected chi connectivity index (χ2v) is 5.63. The summed E-state index contributed by atoms with van der Waals surface area (Å²) >= 11 is 0. The average Bonchev–Trinajstić information content (AvgIpc) is 3.16. The highest BCUT2D eigenvalue weighted by molar-refractivity contribution is 5.85. The van der Waals surface area contributed by atoms with Crippen molar-refractivity contribution in [3.63, 3.8) is 0 Å². The molecule has 0 spiro atoms. The minimum atomic E-state index is -0.0258. The van der Waals surface area contributed by atoms with Gasteiger partial charge in [0.15, 0.2) is 5.84 Å². The molecule has 6 heteroatoms. The van der Waals surface area contributed by atoms with Crippen LogP contribution in [0.4, 0.5) is 0 Å². The third-order valence-corrected chi connectivity index (χ3v) is 4.34. The van der Waals surface area contributed by atoms with Crippen molar-refractivity contribution < 1.29 is 10.0 Å². The predicted molar refractivity (Wildman–Crippen MR) is 72.9 cm³/mol. The van der Waals surface area contributed by atoms with Gasteiger partial charge in [-0.3, -0.25) is 9.69 Å². The van der Waals surface area contributed by atoms with Crippen molar-refractivity contribution in [1.82, 2.24) is 9.80 Å². The summed E-state index contributed by atoms with van der Waals surface area (Å²) in [6.07, 6.45) is 1.85. The molecule has 2 rings (SSSR count). The van der Waals surface area contributed by atoms with Crippen LogP contribution < -0.4 is 5.73 Å². The Balaban J connectivity index is 1.86. The molecule has 0 aromatic carbocycles. The van der Waals surface area contributed by atoms with Gasteiger partial charge in [-0.25, -0.2) is 0 Å². The topological polar surface area (TPSA) is 82.2 Å². The fourth-order valence-corrected chi connectivity index (χ4v) is 2.88. The fraction of sp³-hybridized carbons (Fsp3) is 0.846. The molecule has 19 heavy (non-hydrogen) atoms. The second-order valence-electron chi connectivity index (χ2n) is 5.63. The highest BCUT2D eigenvalue weighted by atomic mass is 16.4. The number of hydrogen-bond donors (Lipinski definition) is 2. The van der Waals surface area contributed by atoms with E-state index in [1.165, 1.54) is 0 Å². The minimum Gasteiger partial charge on any atom is -0.409 e. The van der Waals surface area contributed by atoms with Crippen LogP contribution in [0.2, 0.25) is 0 Å². The van der Waals surface area contributed by atoms with Gasteiger partial charge in [0, 0.05) is 32.1 Å². The third kappa shape index (κ3) is 3.00. The van der Waals surface area contributed by atoms with Gasteiger partial charge < -0.3 is 15.8 Å². The number of amidine groups is 1. The number of carbonyl (C=O) groups is 1. The van der Waals surface area contributed by atoms with E-state index < -0.39 is 0 Å². The van der Waals surface area contributed by atoms with E-state index in [1.54, 1.807) is 0 Å². The van der Waals surface area contributed by atoms with E-state index in [2.05, 4.69) is 17.0 Å². The Hall–Kier alpha value is -1.30. The lowest BCUT2D eigenvalue weighted by Crippen LogP contribution is -2.55. The molecule has 2 aliphatic rings. The maximum atomic E-state index is 12.1. The molecule has 0 aromatic heterocycles. The maximum Gasteiger partial charge on any atom is 0.226 e. The van der Waals surface area contributed by atoms with Gasteiger partial charge in [0.05, 0.1) is 6.04 Å². The summed E-state index contributed by atoms with van der Waals surface area (Å²) in [5.41, 5.74) is 5.71. The van der Waals surface area contributed by atoms with Gasteiger partial charge in [0.25, 0.3) is 0 Å². The van der Waals surface area contributed by atoms with Crippen LogP contribution in [0.3, 0.4) is 0 Å². The number of carbonyl (C=O) groups excluding carboxylic acids is 1. The number of nitrogens with zero attached hydrogens (tertiary/aromatic N) is 3. The Morgan fingerprint density at radius 1 is 1.42 bits per heavy atom. The number of amides is 1. The molecule has 1 aliphatic heterocycles. The largest absolute Gasteiger partial charge is 0.409 e. The Labute approximate surface area is 114 Å². The molecule has 6 nitrogen and oxygen atoms in total. The first kappa shape index (κ1) is 14.1. The first-order valence-electron chi connectivity index (χ1n) is 7.08. The molecule has 1 saturated heterocycles. The van der Waals surface area contributed by atoms with E-state index in [1.807, 2.05) is 11.8 Å². The summed E-state index contributed by atoms with van der Waals surface area (Å²) in [6, 6.07) is -0.0258. The number of rotatable bonds is 4. The SMILES string of the molecule is CCC(C(N)=NO)N1CCN(C(=O)C2CC2C)CC1. The van der Waals surface area contributed by atoms with Crippen molar-refractivity contribution in [3.8, 4) is 0 Å². The minimum absolute atomic E-state index is 0.0258. The van der Waals surface area contributed by atoms with Crippen LogP contribution >= 0.6 is 0 Å². The second kappa shape index (κ2) is 5.77. The summed E-state index contributed by atoms with van der Waals surface area (Å²) in [5, 5.41) is 11.9. The van der Waals surface area contributed by atoms with Crippen molar-refractivity contribution in [2.75, 3.05) is 26.2 Å². The van der Waals surface area contributed by atoms with Crippen LogP contribution in [0.5, 0.6) is 0 Å². The quantitative estimate of drug-likeness (QED) is 0.333. The highest BCUT2D eigenvalue weighted by Gasteiger charge is 2.42. The normalized spacial score (nSPS) is 30.2. The molecule has 3 atom stereocenters. The fourth-order valence-electron chi connectivity index (χ4n) is 2.88. The highest BCUT2D eigenvalue weighted by Crippen LogP contribution is 2.39. The number of piperazine rings is 1. The van der Waals surface area contributed by atoms with Gasteiger partial charge in [-0.05, 0) is 18.8 Å². The smallest absolute Gasteiger partial charge is 0.226 e. The van der Waals surface area contributed by atoms with Crippen molar-refractivity contribution in [2.24, 2.45) is 22.7 Å². The first-order valence-corrected chi connectivity index (χ1v) is 7.08. The number of hydrogen-bond acceptors (Lipinski definition) is 4. The van der Waals surface area contributed by atoms with Crippen LogP contribution in [0.25, 0.3) is 0 Å². The van der Waals surface area contributed by atoms with Gasteiger partial charge in [0.1, 0.15) is 0 Å². The van der Waals surface area contributed by atoms with Gasteiger partial charge in [-0.15, -0.1) is 0 Å². The van der Waals surface area contributed by atoms with Crippen LogP contribution in [0.15, 0.2) is 5.16 Å². The van der Waals surface area contributed by atoms with Crippen LogP contribution in [-0.4, -0.2) is 59.0 Å². The summed E-state index contributed by atoms with van der Waals surface area (Å²) in [7, 11) is 0. The van der Waals surface area contributed by atoms with E-state index in [9.17, 15) is 4.79 Å². The standard InChI is InChI=1S/C13H24N4O2/c1-3-11(12(14)15-19)16-4-6-17(7-5-16)13(18)10-8-9(10)2/h9-11,19H,3-8H2,1-2H3,(H2,14,15). The predicted octanol–water partition coefficient (Wildman–Crippen LogP) is 0.312. The van der Waals surface area contributed by atoms with Crippen molar-refractivity contribution >= 4 is 11.7 Å². The summed E-state index contributed by atoms with van der Waals surface area (Å²) in [5.74, 6) is 1.39. The molecule has 0 aromatic rings. The first-order chi connectivity index (χ1) is 9.08. The summed E-state index contributed by atoms with van der Waals surface area (Å²) in [6.45, 7) is 7.23. The monoisotopic (exact) mass is 268 g/mol. The van der Waals surface area contributed by atoms with Gasteiger partial charge >= 0.3 is 0 Å².